The number of carbonyl (C=O) groups excluding carboxylic acids is 1. The molecular formula is C23H26ClF2NO4S. The molecule has 3 rings (SSSR count). The summed E-state index contributed by atoms with van der Waals surface area (Å²) in [5.41, 5.74) is -0.316. The van der Waals surface area contributed by atoms with Crippen LogP contribution in [0.2, 0.25) is 5.02 Å². The highest BCUT2D eigenvalue weighted by atomic mass is 35.5. The van der Waals surface area contributed by atoms with Gasteiger partial charge in [-0.15, -0.1) is 0 Å². The third-order valence-electron chi connectivity index (χ3n) is 5.66. The summed E-state index contributed by atoms with van der Waals surface area (Å²) in [5, 5.41) is 1.66. The van der Waals surface area contributed by atoms with E-state index in [4.69, 9.17) is 16.3 Å². The number of ether oxygens (including phenoxy) is 1. The number of hydrogen-bond acceptors (Lipinski definition) is 4. The molecule has 1 saturated carbocycles. The van der Waals surface area contributed by atoms with Crippen molar-refractivity contribution in [2.45, 2.75) is 55.2 Å². The number of nitrogens with one attached hydrogen (secondary N) is 1. The lowest BCUT2D eigenvalue weighted by molar-refractivity contribution is 0.122. The minimum atomic E-state index is -4.16. The molecule has 2 unspecified atom stereocenters. The van der Waals surface area contributed by atoms with E-state index in [1.807, 2.05) is 0 Å². The first-order valence-electron chi connectivity index (χ1n) is 10.6. The van der Waals surface area contributed by atoms with E-state index in [2.05, 4.69) is 5.32 Å². The molecule has 2 aromatic carbocycles. The zero-order valence-corrected chi connectivity index (χ0v) is 19.3. The molecule has 1 amide bonds. The number of rotatable bonds is 7. The van der Waals surface area contributed by atoms with Crippen LogP contribution in [-0.4, -0.2) is 27.2 Å². The van der Waals surface area contributed by atoms with Crippen molar-refractivity contribution in [2.24, 2.45) is 5.92 Å². The average Bonchev–Trinajstić information content (AvgIpc) is 2.76. The molecule has 0 bridgehead atoms. The zero-order chi connectivity index (χ0) is 23.3. The van der Waals surface area contributed by atoms with Gasteiger partial charge in [-0.1, -0.05) is 37.8 Å². The Morgan fingerprint density at radius 3 is 2.44 bits per heavy atom. The number of halogens is 3. The fraction of sp³-hybridized carbons (Fsp3) is 0.435. The summed E-state index contributed by atoms with van der Waals surface area (Å²) >= 11 is 5.86. The SMILES string of the molecule is CC(COC(=O)NC1CCCCC1)C(c1cc(F)ccc1F)S(=O)(=O)c1ccc(Cl)cc1. The Labute approximate surface area is 192 Å². The van der Waals surface area contributed by atoms with Crippen molar-refractivity contribution < 1.29 is 26.7 Å². The first-order valence-corrected chi connectivity index (χ1v) is 12.5. The molecule has 2 atom stereocenters. The van der Waals surface area contributed by atoms with E-state index in [0.717, 1.165) is 50.3 Å². The van der Waals surface area contributed by atoms with E-state index < -0.39 is 38.7 Å². The van der Waals surface area contributed by atoms with Crippen molar-refractivity contribution in [3.8, 4) is 0 Å². The predicted octanol–water partition coefficient (Wildman–Crippen LogP) is 5.83. The minimum absolute atomic E-state index is 0.0285. The van der Waals surface area contributed by atoms with Gasteiger partial charge in [-0.25, -0.2) is 22.0 Å². The second-order valence-electron chi connectivity index (χ2n) is 8.14. The highest BCUT2D eigenvalue weighted by Gasteiger charge is 2.37. The lowest BCUT2D eigenvalue weighted by Gasteiger charge is -2.26. The van der Waals surface area contributed by atoms with Crippen LogP contribution in [-0.2, 0) is 14.6 Å². The molecule has 1 N–H and O–H groups in total. The Hall–Kier alpha value is -2.19. The summed E-state index contributed by atoms with van der Waals surface area (Å²) in [6.07, 6.45) is 4.28. The lowest BCUT2D eigenvalue weighted by atomic mass is 9.96. The normalized spacial score (nSPS) is 16.9. The van der Waals surface area contributed by atoms with Crippen LogP contribution in [0.4, 0.5) is 13.6 Å². The molecule has 0 aliphatic heterocycles. The van der Waals surface area contributed by atoms with Gasteiger partial charge in [-0.2, -0.15) is 0 Å². The van der Waals surface area contributed by atoms with Crippen LogP contribution in [0.5, 0.6) is 0 Å². The maximum Gasteiger partial charge on any atom is 0.407 e. The largest absolute Gasteiger partial charge is 0.449 e. The monoisotopic (exact) mass is 485 g/mol. The molecule has 0 aromatic heterocycles. The van der Waals surface area contributed by atoms with Gasteiger partial charge in [0.05, 0.1) is 16.8 Å². The maximum atomic E-state index is 14.6. The summed E-state index contributed by atoms with van der Waals surface area (Å²) < 4.78 is 60.7. The fourth-order valence-electron chi connectivity index (χ4n) is 4.03. The molecule has 1 aliphatic rings. The zero-order valence-electron chi connectivity index (χ0n) is 17.7. The van der Waals surface area contributed by atoms with Crippen molar-refractivity contribution >= 4 is 27.5 Å². The maximum absolute atomic E-state index is 14.6. The standard InChI is InChI=1S/C23H26ClF2NO4S/c1-15(14-31-23(28)27-18-5-3-2-4-6-18)22(20-13-17(25)9-12-21(20)26)32(29,30)19-10-7-16(24)8-11-19/h7-13,15,18,22H,2-6,14H2,1H3,(H,27,28). The van der Waals surface area contributed by atoms with Gasteiger partial charge >= 0.3 is 6.09 Å². The van der Waals surface area contributed by atoms with E-state index in [-0.39, 0.29) is 23.1 Å². The number of amides is 1. The molecule has 0 saturated heterocycles. The molecule has 174 valence electrons. The topological polar surface area (TPSA) is 72.5 Å². The highest BCUT2D eigenvalue weighted by Crippen LogP contribution is 2.37. The molecule has 0 radical (unpaired) electrons. The van der Waals surface area contributed by atoms with Crippen molar-refractivity contribution in [1.82, 2.24) is 5.32 Å². The second-order valence-corrected chi connectivity index (χ2v) is 10.6. The molecule has 0 heterocycles. The first kappa shape index (κ1) is 24.5. The second kappa shape index (κ2) is 10.6. The summed E-state index contributed by atoms with van der Waals surface area (Å²) in [6, 6.07) is 8.14. The van der Waals surface area contributed by atoms with Gasteiger partial charge in [0.1, 0.15) is 11.6 Å². The van der Waals surface area contributed by atoms with Gasteiger partial charge in [0.15, 0.2) is 9.84 Å². The average molecular weight is 486 g/mol. The third kappa shape index (κ3) is 5.98. The first-order chi connectivity index (χ1) is 15.2. The molecule has 1 aliphatic carbocycles. The predicted molar refractivity (Wildman–Crippen MR) is 118 cm³/mol. The van der Waals surface area contributed by atoms with Gasteiger partial charge in [-0.05, 0) is 55.3 Å². The van der Waals surface area contributed by atoms with E-state index >= 15 is 0 Å². The van der Waals surface area contributed by atoms with E-state index in [1.54, 1.807) is 0 Å². The van der Waals surface area contributed by atoms with Crippen molar-refractivity contribution in [1.29, 1.82) is 0 Å². The molecule has 9 heteroatoms. The lowest BCUT2D eigenvalue weighted by Crippen LogP contribution is -2.37. The van der Waals surface area contributed by atoms with Gasteiger partial charge < -0.3 is 10.1 Å². The smallest absolute Gasteiger partial charge is 0.407 e. The summed E-state index contributed by atoms with van der Waals surface area (Å²) in [7, 11) is -4.16. The van der Waals surface area contributed by atoms with Gasteiger partial charge in [0.25, 0.3) is 0 Å². The van der Waals surface area contributed by atoms with Gasteiger partial charge in [0, 0.05) is 22.5 Å². The van der Waals surface area contributed by atoms with E-state index in [9.17, 15) is 22.0 Å². The highest BCUT2D eigenvalue weighted by molar-refractivity contribution is 7.91. The number of carbonyl (C=O) groups is 1. The Morgan fingerprint density at radius 1 is 1.12 bits per heavy atom. The molecule has 2 aromatic rings. The fourth-order valence-corrected chi connectivity index (χ4v) is 6.17. The number of hydrogen-bond donors (Lipinski definition) is 1. The van der Waals surface area contributed by atoms with Gasteiger partial charge in [0.2, 0.25) is 0 Å². The molecule has 1 fully saturated rings. The Bertz CT molecular complexity index is 1040. The van der Waals surface area contributed by atoms with Crippen LogP contribution < -0.4 is 5.32 Å². The summed E-state index contributed by atoms with van der Waals surface area (Å²) in [4.78, 5) is 12.1. The van der Waals surface area contributed by atoms with E-state index in [1.165, 1.54) is 31.2 Å². The van der Waals surface area contributed by atoms with Crippen LogP contribution in [0.1, 0.15) is 49.8 Å². The van der Waals surface area contributed by atoms with Crippen molar-refractivity contribution in [3.05, 3.63) is 64.7 Å². The van der Waals surface area contributed by atoms with Gasteiger partial charge in [-0.3, -0.25) is 0 Å². The Morgan fingerprint density at radius 2 is 1.78 bits per heavy atom. The summed E-state index contributed by atoms with van der Waals surface area (Å²) in [5.74, 6) is -2.47. The van der Waals surface area contributed by atoms with Crippen LogP contribution in [0.15, 0.2) is 47.4 Å². The number of alkyl carbamates (subject to hydrolysis) is 1. The number of sulfone groups is 1. The van der Waals surface area contributed by atoms with Crippen molar-refractivity contribution in [2.75, 3.05) is 6.61 Å². The van der Waals surface area contributed by atoms with Crippen LogP contribution in [0.25, 0.3) is 0 Å². The van der Waals surface area contributed by atoms with Crippen LogP contribution in [0, 0.1) is 17.6 Å². The van der Waals surface area contributed by atoms with Crippen LogP contribution in [0.3, 0.4) is 0 Å². The number of benzene rings is 2. The van der Waals surface area contributed by atoms with Crippen molar-refractivity contribution in [3.63, 3.8) is 0 Å². The Kier molecular flexibility index (Phi) is 8.11. The Balaban J connectivity index is 1.84. The molecule has 32 heavy (non-hydrogen) atoms. The van der Waals surface area contributed by atoms with E-state index in [0.29, 0.717) is 5.02 Å². The quantitative estimate of drug-likeness (QED) is 0.535. The van der Waals surface area contributed by atoms with Crippen LogP contribution >= 0.6 is 11.6 Å². The molecule has 5 nitrogen and oxygen atoms in total. The third-order valence-corrected chi connectivity index (χ3v) is 8.23. The molecular weight excluding hydrogens is 460 g/mol. The molecule has 0 spiro atoms. The minimum Gasteiger partial charge on any atom is -0.449 e. The summed E-state index contributed by atoms with van der Waals surface area (Å²) in [6.45, 7) is 1.24.